The van der Waals surface area contributed by atoms with Crippen molar-refractivity contribution in [2.45, 2.75) is 46.5 Å². The van der Waals surface area contributed by atoms with Crippen molar-refractivity contribution in [3.63, 3.8) is 0 Å². The number of nitrogens with zero attached hydrogens (tertiary/aromatic N) is 3. The van der Waals surface area contributed by atoms with E-state index < -0.39 is 0 Å². The van der Waals surface area contributed by atoms with Gasteiger partial charge in [-0.15, -0.1) is 0 Å². The van der Waals surface area contributed by atoms with Crippen molar-refractivity contribution in [2.24, 2.45) is 5.92 Å². The van der Waals surface area contributed by atoms with Gasteiger partial charge in [-0.05, 0) is 60.9 Å². The number of rotatable bonds is 11. The maximum atomic E-state index is 13.2. The second kappa shape index (κ2) is 12.8. The van der Waals surface area contributed by atoms with Gasteiger partial charge in [-0.3, -0.25) is 9.59 Å². The molecule has 0 saturated heterocycles. The molecule has 3 rings (SSSR count). The fraction of sp³-hybridized carbons (Fsp3) is 0.414. The van der Waals surface area contributed by atoms with Crippen molar-refractivity contribution in [3.8, 4) is 17.2 Å². The molecule has 0 aliphatic rings. The average molecular weight is 541 g/mol. The van der Waals surface area contributed by atoms with Gasteiger partial charge in [0.1, 0.15) is 23.9 Å². The number of nitrogens with one attached hydrogen (secondary N) is 1. The lowest BCUT2D eigenvalue weighted by molar-refractivity contribution is -0.136. The molecule has 1 aromatic heterocycles. The zero-order valence-corrected chi connectivity index (χ0v) is 23.7. The van der Waals surface area contributed by atoms with Crippen LogP contribution in [0.5, 0.6) is 11.5 Å². The molecule has 2 aromatic carbocycles. The zero-order chi connectivity index (χ0) is 27.9. The first kappa shape index (κ1) is 29.0. The highest BCUT2D eigenvalue weighted by atomic mass is 35.5. The minimum atomic E-state index is -0.316. The molecule has 0 aliphatic carbocycles. The van der Waals surface area contributed by atoms with Crippen LogP contribution in [-0.2, 0) is 15.0 Å². The van der Waals surface area contributed by atoms with Gasteiger partial charge >= 0.3 is 0 Å². The molecule has 1 heterocycles. The molecule has 0 radical (unpaired) electrons. The van der Waals surface area contributed by atoms with Crippen molar-refractivity contribution < 1.29 is 19.1 Å². The lowest BCUT2D eigenvalue weighted by Crippen LogP contribution is -2.41. The Bertz CT molecular complexity index is 1210. The summed E-state index contributed by atoms with van der Waals surface area (Å²) in [6, 6.07) is 16.1. The van der Waals surface area contributed by atoms with Crippen LogP contribution in [0, 0.1) is 5.92 Å². The summed E-state index contributed by atoms with van der Waals surface area (Å²) in [5.41, 5.74) is 1.38. The third kappa shape index (κ3) is 8.25. The first-order chi connectivity index (χ1) is 18.0. The lowest BCUT2D eigenvalue weighted by Gasteiger charge is -2.23. The van der Waals surface area contributed by atoms with Crippen LogP contribution in [0.1, 0.15) is 46.7 Å². The van der Waals surface area contributed by atoms with E-state index >= 15 is 0 Å². The van der Waals surface area contributed by atoms with Crippen molar-refractivity contribution >= 4 is 29.2 Å². The molecule has 0 bridgehead atoms. The Morgan fingerprint density at radius 2 is 1.68 bits per heavy atom. The van der Waals surface area contributed by atoms with E-state index in [0.29, 0.717) is 29.1 Å². The fourth-order valence-electron chi connectivity index (χ4n) is 3.59. The van der Waals surface area contributed by atoms with E-state index in [9.17, 15) is 9.59 Å². The SMILES string of the molecule is COc1ccc(-n2nc(C(C)(C)C)cc2NC(=O)CN(CCC(C)C)C(=O)COc2ccc(Cl)cc2)cc1. The number of aromatic nitrogens is 2. The van der Waals surface area contributed by atoms with Crippen LogP contribution in [0.25, 0.3) is 5.69 Å². The van der Waals surface area contributed by atoms with E-state index in [1.54, 1.807) is 36.1 Å². The molecule has 0 fully saturated rings. The highest BCUT2D eigenvalue weighted by molar-refractivity contribution is 6.30. The number of anilines is 1. The quantitative estimate of drug-likeness (QED) is 0.336. The zero-order valence-electron chi connectivity index (χ0n) is 23.0. The molecule has 9 heteroatoms. The third-order valence-corrected chi connectivity index (χ3v) is 6.15. The van der Waals surface area contributed by atoms with Gasteiger partial charge in [-0.1, -0.05) is 46.2 Å². The standard InChI is InChI=1S/C29H37ClN4O4/c1-20(2)15-16-33(28(36)19-38-24-11-7-21(30)8-12-24)18-27(35)31-26-17-25(29(3,4)5)32-34(26)22-9-13-23(37-6)14-10-22/h7-14,17,20H,15-16,18-19H2,1-6H3,(H,31,35). The third-order valence-electron chi connectivity index (χ3n) is 5.90. The second-order valence-corrected chi connectivity index (χ2v) is 11.0. The molecule has 0 atom stereocenters. The number of hydrogen-bond acceptors (Lipinski definition) is 5. The Morgan fingerprint density at radius 1 is 1.05 bits per heavy atom. The summed E-state index contributed by atoms with van der Waals surface area (Å²) in [6.07, 6.45) is 0.762. The number of benzene rings is 2. The van der Waals surface area contributed by atoms with E-state index in [1.807, 2.05) is 30.3 Å². The van der Waals surface area contributed by atoms with Crippen LogP contribution < -0.4 is 14.8 Å². The number of carbonyl (C=O) groups is 2. The fourth-order valence-corrected chi connectivity index (χ4v) is 3.71. The summed E-state index contributed by atoms with van der Waals surface area (Å²) in [7, 11) is 1.61. The normalized spacial score (nSPS) is 11.4. The van der Waals surface area contributed by atoms with E-state index in [4.69, 9.17) is 26.2 Å². The van der Waals surface area contributed by atoms with Crippen molar-refractivity contribution in [3.05, 3.63) is 65.3 Å². The number of carbonyl (C=O) groups excluding carboxylic acids is 2. The van der Waals surface area contributed by atoms with Gasteiger partial charge in [0.05, 0.1) is 18.5 Å². The molecule has 0 unspecified atom stereocenters. The minimum Gasteiger partial charge on any atom is -0.497 e. The monoisotopic (exact) mass is 540 g/mol. The molecule has 1 N–H and O–H groups in total. The summed E-state index contributed by atoms with van der Waals surface area (Å²) in [4.78, 5) is 27.8. The van der Waals surface area contributed by atoms with Crippen LogP contribution in [0.2, 0.25) is 5.02 Å². The van der Waals surface area contributed by atoms with Crippen LogP contribution in [0.3, 0.4) is 0 Å². The number of halogens is 1. The molecular weight excluding hydrogens is 504 g/mol. The number of amides is 2. The summed E-state index contributed by atoms with van der Waals surface area (Å²) in [5.74, 6) is 1.57. The molecular formula is C29H37ClN4O4. The minimum absolute atomic E-state index is 0.103. The van der Waals surface area contributed by atoms with Crippen LogP contribution in [0.4, 0.5) is 5.82 Å². The molecule has 0 saturated carbocycles. The molecule has 0 spiro atoms. The van der Waals surface area contributed by atoms with Crippen molar-refractivity contribution in [1.29, 1.82) is 0 Å². The van der Waals surface area contributed by atoms with E-state index in [1.165, 1.54) is 4.90 Å². The summed E-state index contributed by atoms with van der Waals surface area (Å²) in [5, 5.41) is 8.30. The largest absolute Gasteiger partial charge is 0.497 e. The van der Waals surface area contributed by atoms with Crippen LogP contribution in [-0.4, -0.2) is 53.3 Å². The molecule has 2 amide bonds. The van der Waals surface area contributed by atoms with Gasteiger partial charge in [-0.25, -0.2) is 4.68 Å². The van der Waals surface area contributed by atoms with Gasteiger partial charge in [0, 0.05) is 23.0 Å². The predicted molar refractivity (Wildman–Crippen MR) is 150 cm³/mol. The Balaban J connectivity index is 1.76. The highest BCUT2D eigenvalue weighted by Gasteiger charge is 2.23. The Kier molecular flexibility index (Phi) is 9.80. The maximum absolute atomic E-state index is 13.2. The Hall–Kier alpha value is -3.52. The van der Waals surface area contributed by atoms with Gasteiger partial charge < -0.3 is 19.7 Å². The van der Waals surface area contributed by atoms with E-state index in [0.717, 1.165) is 23.6 Å². The lowest BCUT2D eigenvalue weighted by atomic mass is 9.92. The van der Waals surface area contributed by atoms with Gasteiger partial charge in [0.25, 0.3) is 5.91 Å². The smallest absolute Gasteiger partial charge is 0.260 e. The van der Waals surface area contributed by atoms with Crippen LogP contribution >= 0.6 is 11.6 Å². The molecule has 0 aliphatic heterocycles. The van der Waals surface area contributed by atoms with Crippen molar-refractivity contribution in [2.75, 3.05) is 32.1 Å². The maximum Gasteiger partial charge on any atom is 0.260 e. The van der Waals surface area contributed by atoms with Gasteiger partial charge in [-0.2, -0.15) is 5.10 Å². The number of hydrogen-bond donors (Lipinski definition) is 1. The number of ether oxygens (including phenoxy) is 2. The first-order valence-electron chi connectivity index (χ1n) is 12.7. The summed E-state index contributed by atoms with van der Waals surface area (Å²) < 4.78 is 12.6. The first-order valence-corrected chi connectivity index (χ1v) is 13.0. The molecule has 8 nitrogen and oxygen atoms in total. The molecule has 204 valence electrons. The highest BCUT2D eigenvalue weighted by Crippen LogP contribution is 2.27. The average Bonchev–Trinajstić information content (AvgIpc) is 3.30. The van der Waals surface area contributed by atoms with E-state index in [-0.39, 0.29) is 30.4 Å². The Labute approximate surface area is 229 Å². The Morgan fingerprint density at radius 3 is 2.26 bits per heavy atom. The summed E-state index contributed by atoms with van der Waals surface area (Å²) in [6.45, 7) is 10.5. The topological polar surface area (TPSA) is 85.7 Å². The predicted octanol–water partition coefficient (Wildman–Crippen LogP) is 5.72. The summed E-state index contributed by atoms with van der Waals surface area (Å²) >= 11 is 5.92. The molecule has 38 heavy (non-hydrogen) atoms. The second-order valence-electron chi connectivity index (χ2n) is 10.6. The van der Waals surface area contributed by atoms with Gasteiger partial charge in [0.2, 0.25) is 5.91 Å². The molecule has 3 aromatic rings. The number of methoxy groups -OCH3 is 1. The van der Waals surface area contributed by atoms with Crippen LogP contribution in [0.15, 0.2) is 54.6 Å². The van der Waals surface area contributed by atoms with E-state index in [2.05, 4.69) is 39.9 Å². The van der Waals surface area contributed by atoms with Gasteiger partial charge in [0.15, 0.2) is 6.61 Å². The van der Waals surface area contributed by atoms with Crippen molar-refractivity contribution in [1.82, 2.24) is 14.7 Å².